The van der Waals surface area contributed by atoms with Crippen molar-refractivity contribution in [2.45, 2.75) is 38.0 Å². The number of ether oxygens (including phenoxy) is 1. The lowest BCUT2D eigenvalue weighted by Crippen LogP contribution is -2.41. The first-order valence-electron chi connectivity index (χ1n) is 5.74. The van der Waals surface area contributed by atoms with Crippen LogP contribution < -0.4 is 5.32 Å². The molecule has 15 heavy (non-hydrogen) atoms. The molecule has 90 valence electrons. The second-order valence-electron chi connectivity index (χ2n) is 4.51. The van der Waals surface area contributed by atoms with Gasteiger partial charge in [-0.1, -0.05) is 0 Å². The molecular formula is C11H24N2O2. The van der Waals surface area contributed by atoms with Crippen molar-refractivity contribution >= 4 is 0 Å². The normalized spacial score (nSPS) is 20.6. The maximum Gasteiger partial charge on any atom is 0.0897 e. The minimum atomic E-state index is -0.395. The predicted molar refractivity (Wildman–Crippen MR) is 61.0 cm³/mol. The van der Waals surface area contributed by atoms with Gasteiger partial charge < -0.3 is 15.2 Å². The van der Waals surface area contributed by atoms with Crippen LogP contribution in [0.5, 0.6) is 0 Å². The maximum absolute atomic E-state index is 9.42. The molecule has 0 aromatic carbocycles. The Bertz CT molecular complexity index is 174. The van der Waals surface area contributed by atoms with Crippen molar-refractivity contribution in [3.05, 3.63) is 0 Å². The Morgan fingerprint density at radius 3 is 2.67 bits per heavy atom. The summed E-state index contributed by atoms with van der Waals surface area (Å²) in [6.45, 7) is 4.15. The molecule has 4 nitrogen and oxygen atoms in total. The smallest absolute Gasteiger partial charge is 0.0897 e. The van der Waals surface area contributed by atoms with Gasteiger partial charge in [0.2, 0.25) is 0 Å². The standard InChI is InChI=1S/C11H24N2O2/c1-9(13(2)10-4-5-10)6-12-7-11(14)8-15-3/h9-12,14H,4-8H2,1-3H3. The Hall–Kier alpha value is -0.160. The van der Waals surface area contributed by atoms with Crippen LogP contribution in [0.15, 0.2) is 0 Å². The molecule has 0 spiro atoms. The van der Waals surface area contributed by atoms with E-state index in [-0.39, 0.29) is 0 Å². The molecule has 0 radical (unpaired) electrons. The summed E-state index contributed by atoms with van der Waals surface area (Å²) in [5.74, 6) is 0. The molecule has 0 saturated heterocycles. The predicted octanol–water partition coefficient (Wildman–Crippen LogP) is 0.0660. The molecule has 1 aliphatic carbocycles. The average Bonchev–Trinajstić information content (AvgIpc) is 3.00. The van der Waals surface area contributed by atoms with Crippen LogP contribution in [-0.2, 0) is 4.74 Å². The highest BCUT2D eigenvalue weighted by molar-refractivity contribution is 4.85. The molecule has 0 heterocycles. The fourth-order valence-corrected chi connectivity index (χ4v) is 1.70. The van der Waals surface area contributed by atoms with Crippen LogP contribution in [0.3, 0.4) is 0 Å². The molecule has 2 atom stereocenters. The monoisotopic (exact) mass is 216 g/mol. The molecule has 1 saturated carbocycles. The van der Waals surface area contributed by atoms with Crippen molar-refractivity contribution in [3.63, 3.8) is 0 Å². The Balaban J connectivity index is 2.02. The van der Waals surface area contributed by atoms with Gasteiger partial charge in [-0.25, -0.2) is 0 Å². The summed E-state index contributed by atoms with van der Waals surface area (Å²) in [7, 11) is 3.78. The van der Waals surface area contributed by atoms with Gasteiger partial charge in [0.05, 0.1) is 12.7 Å². The summed E-state index contributed by atoms with van der Waals surface area (Å²) in [6.07, 6.45) is 2.29. The summed E-state index contributed by atoms with van der Waals surface area (Å²) in [6, 6.07) is 1.33. The molecule has 1 aliphatic rings. The van der Waals surface area contributed by atoms with Crippen LogP contribution in [0.25, 0.3) is 0 Å². The van der Waals surface area contributed by atoms with Gasteiger partial charge in [-0.05, 0) is 26.8 Å². The Morgan fingerprint density at radius 1 is 1.47 bits per heavy atom. The largest absolute Gasteiger partial charge is 0.389 e. The zero-order valence-electron chi connectivity index (χ0n) is 10.1. The van der Waals surface area contributed by atoms with E-state index in [2.05, 4.69) is 24.2 Å². The molecular weight excluding hydrogens is 192 g/mol. The number of nitrogens with one attached hydrogen (secondary N) is 1. The number of methoxy groups -OCH3 is 1. The molecule has 2 N–H and O–H groups in total. The molecule has 4 heteroatoms. The van der Waals surface area contributed by atoms with Gasteiger partial charge >= 0.3 is 0 Å². The van der Waals surface area contributed by atoms with Gasteiger partial charge in [0, 0.05) is 32.3 Å². The third-order valence-electron chi connectivity index (χ3n) is 3.00. The Labute approximate surface area is 92.6 Å². The van der Waals surface area contributed by atoms with Crippen molar-refractivity contribution in [2.75, 3.05) is 33.9 Å². The van der Waals surface area contributed by atoms with Crippen molar-refractivity contribution in [1.29, 1.82) is 0 Å². The quantitative estimate of drug-likeness (QED) is 0.602. The summed E-state index contributed by atoms with van der Waals surface area (Å²) in [5.41, 5.74) is 0. The molecule has 0 bridgehead atoms. The molecule has 2 unspecified atom stereocenters. The number of hydrogen-bond acceptors (Lipinski definition) is 4. The summed E-state index contributed by atoms with van der Waals surface area (Å²) < 4.78 is 4.86. The summed E-state index contributed by atoms with van der Waals surface area (Å²) in [5, 5.41) is 12.7. The molecule has 0 amide bonds. The molecule has 0 aromatic rings. The number of rotatable bonds is 8. The molecule has 0 aliphatic heterocycles. The zero-order chi connectivity index (χ0) is 11.3. The number of aliphatic hydroxyl groups excluding tert-OH is 1. The first kappa shape index (κ1) is 12.9. The first-order valence-corrected chi connectivity index (χ1v) is 5.74. The third-order valence-corrected chi connectivity index (χ3v) is 3.00. The van der Waals surface area contributed by atoms with Crippen LogP contribution in [0.1, 0.15) is 19.8 Å². The zero-order valence-corrected chi connectivity index (χ0v) is 10.1. The van der Waals surface area contributed by atoms with E-state index < -0.39 is 6.10 Å². The van der Waals surface area contributed by atoms with E-state index in [1.807, 2.05) is 0 Å². The lowest BCUT2D eigenvalue weighted by molar-refractivity contribution is 0.0634. The highest BCUT2D eigenvalue weighted by Gasteiger charge is 2.28. The van der Waals surface area contributed by atoms with Gasteiger partial charge in [-0.15, -0.1) is 0 Å². The van der Waals surface area contributed by atoms with Crippen LogP contribution >= 0.6 is 0 Å². The van der Waals surface area contributed by atoms with Gasteiger partial charge in [-0.3, -0.25) is 4.90 Å². The molecule has 1 fully saturated rings. The van der Waals surface area contributed by atoms with Crippen molar-refractivity contribution < 1.29 is 9.84 Å². The lowest BCUT2D eigenvalue weighted by atomic mass is 10.2. The fourth-order valence-electron chi connectivity index (χ4n) is 1.70. The van der Waals surface area contributed by atoms with E-state index in [9.17, 15) is 5.11 Å². The molecule has 1 rings (SSSR count). The Morgan fingerprint density at radius 2 is 2.13 bits per heavy atom. The minimum absolute atomic E-state index is 0.395. The van der Waals surface area contributed by atoms with E-state index in [1.54, 1.807) is 7.11 Å². The SMILES string of the molecule is COCC(O)CNCC(C)N(C)C1CC1. The highest BCUT2D eigenvalue weighted by Crippen LogP contribution is 2.26. The van der Waals surface area contributed by atoms with Crippen molar-refractivity contribution in [1.82, 2.24) is 10.2 Å². The lowest BCUT2D eigenvalue weighted by Gasteiger charge is -2.25. The van der Waals surface area contributed by atoms with Crippen LogP contribution in [0.2, 0.25) is 0 Å². The average molecular weight is 216 g/mol. The second kappa shape index (κ2) is 6.43. The third kappa shape index (κ3) is 4.93. The number of aliphatic hydroxyl groups is 1. The van der Waals surface area contributed by atoms with E-state index in [0.29, 0.717) is 19.2 Å². The Kier molecular flexibility index (Phi) is 5.53. The van der Waals surface area contributed by atoms with Crippen molar-refractivity contribution in [3.8, 4) is 0 Å². The maximum atomic E-state index is 9.42. The van der Waals surface area contributed by atoms with Crippen LogP contribution in [-0.4, -0.2) is 62.0 Å². The van der Waals surface area contributed by atoms with Gasteiger partial charge in [0.25, 0.3) is 0 Å². The topological polar surface area (TPSA) is 44.7 Å². The number of likely N-dealkylation sites (N-methyl/N-ethyl adjacent to an activating group) is 1. The number of nitrogens with zero attached hydrogens (tertiary/aromatic N) is 1. The van der Waals surface area contributed by atoms with Crippen LogP contribution in [0, 0.1) is 0 Å². The van der Waals surface area contributed by atoms with Gasteiger partial charge in [-0.2, -0.15) is 0 Å². The van der Waals surface area contributed by atoms with Gasteiger partial charge in [0.15, 0.2) is 0 Å². The van der Waals surface area contributed by atoms with Crippen LogP contribution in [0.4, 0.5) is 0 Å². The highest BCUT2D eigenvalue weighted by atomic mass is 16.5. The second-order valence-corrected chi connectivity index (χ2v) is 4.51. The first-order chi connectivity index (χ1) is 7.15. The van der Waals surface area contributed by atoms with E-state index in [1.165, 1.54) is 12.8 Å². The van der Waals surface area contributed by atoms with Gasteiger partial charge in [0.1, 0.15) is 0 Å². The molecule has 0 aromatic heterocycles. The fraction of sp³-hybridized carbons (Fsp3) is 1.00. The van der Waals surface area contributed by atoms with Crippen molar-refractivity contribution in [2.24, 2.45) is 0 Å². The summed E-state index contributed by atoms with van der Waals surface area (Å²) >= 11 is 0. The van der Waals surface area contributed by atoms with E-state index in [0.717, 1.165) is 12.6 Å². The number of hydrogen-bond donors (Lipinski definition) is 2. The van der Waals surface area contributed by atoms with E-state index in [4.69, 9.17) is 4.74 Å². The van der Waals surface area contributed by atoms with E-state index >= 15 is 0 Å². The summed E-state index contributed by atoms with van der Waals surface area (Å²) in [4.78, 5) is 2.41. The minimum Gasteiger partial charge on any atom is -0.389 e.